The Kier molecular flexibility index (Phi) is 5.14. The summed E-state index contributed by atoms with van der Waals surface area (Å²) in [7, 11) is 0. The lowest BCUT2D eigenvalue weighted by Crippen LogP contribution is -2.18. The zero-order valence-corrected chi connectivity index (χ0v) is 12.5. The quantitative estimate of drug-likeness (QED) is 0.658. The molecule has 0 fully saturated rings. The molecule has 0 unspecified atom stereocenters. The number of amides is 1. The Bertz CT molecular complexity index is 696. The Morgan fingerprint density at radius 2 is 2.09 bits per heavy atom. The third kappa shape index (κ3) is 3.85. The van der Waals surface area contributed by atoms with E-state index in [1.807, 2.05) is 26.0 Å². The van der Waals surface area contributed by atoms with Crippen LogP contribution in [0.2, 0.25) is 0 Å². The van der Waals surface area contributed by atoms with Gasteiger partial charge < -0.3 is 9.84 Å². The van der Waals surface area contributed by atoms with Crippen molar-refractivity contribution >= 4 is 12.1 Å². The zero-order valence-electron chi connectivity index (χ0n) is 12.5. The van der Waals surface area contributed by atoms with E-state index in [2.05, 4.69) is 10.5 Å². The number of hydrazone groups is 1. The number of aryl methyl sites for hydroxylation is 1. The van der Waals surface area contributed by atoms with E-state index in [1.165, 1.54) is 12.3 Å². The van der Waals surface area contributed by atoms with E-state index < -0.39 is 0 Å². The third-order valence-corrected chi connectivity index (χ3v) is 3.05. The van der Waals surface area contributed by atoms with Crippen LogP contribution in [0.3, 0.4) is 0 Å². The van der Waals surface area contributed by atoms with E-state index in [-0.39, 0.29) is 11.7 Å². The first-order valence-corrected chi connectivity index (χ1v) is 6.96. The molecule has 2 aromatic carbocycles. The number of nitrogens with zero attached hydrogens (tertiary/aromatic N) is 1. The van der Waals surface area contributed by atoms with E-state index in [9.17, 15) is 9.90 Å². The van der Waals surface area contributed by atoms with Gasteiger partial charge >= 0.3 is 0 Å². The number of hydrogen-bond acceptors (Lipinski definition) is 4. The number of carbonyl (C=O) groups excluding carboxylic acids is 1. The van der Waals surface area contributed by atoms with Crippen LogP contribution in [0.4, 0.5) is 0 Å². The van der Waals surface area contributed by atoms with E-state index in [0.29, 0.717) is 23.5 Å². The molecule has 0 saturated heterocycles. The van der Waals surface area contributed by atoms with E-state index in [4.69, 9.17) is 4.74 Å². The number of ether oxygens (including phenoxy) is 1. The Balaban J connectivity index is 2.05. The van der Waals surface area contributed by atoms with Gasteiger partial charge in [0.15, 0.2) is 11.5 Å². The van der Waals surface area contributed by atoms with Crippen molar-refractivity contribution in [2.24, 2.45) is 5.10 Å². The van der Waals surface area contributed by atoms with Gasteiger partial charge in [0.2, 0.25) is 0 Å². The van der Waals surface area contributed by atoms with Gasteiger partial charge in [-0.1, -0.05) is 18.2 Å². The molecular formula is C17H18N2O3. The minimum atomic E-state index is -0.266. The number of phenols is 1. The van der Waals surface area contributed by atoms with Crippen LogP contribution >= 0.6 is 0 Å². The summed E-state index contributed by atoms with van der Waals surface area (Å²) < 4.78 is 5.29. The Morgan fingerprint density at radius 3 is 2.82 bits per heavy atom. The van der Waals surface area contributed by atoms with Crippen LogP contribution in [0.1, 0.15) is 28.4 Å². The molecule has 0 radical (unpaired) electrons. The number of hydrogen-bond donors (Lipinski definition) is 2. The molecule has 2 N–H and O–H groups in total. The van der Waals surface area contributed by atoms with Crippen LogP contribution in [0, 0.1) is 6.92 Å². The zero-order chi connectivity index (χ0) is 15.9. The Labute approximate surface area is 129 Å². The van der Waals surface area contributed by atoms with E-state index in [1.54, 1.807) is 24.3 Å². The molecule has 0 saturated carbocycles. The number of rotatable bonds is 5. The molecule has 0 aliphatic carbocycles. The lowest BCUT2D eigenvalue weighted by Gasteiger charge is -2.06. The van der Waals surface area contributed by atoms with Gasteiger partial charge in [-0.15, -0.1) is 0 Å². The fourth-order valence-corrected chi connectivity index (χ4v) is 1.94. The fourth-order valence-electron chi connectivity index (χ4n) is 1.94. The SMILES string of the molecule is CCOc1cc(C=NNC(=O)c2ccccc2C)ccc1O. The lowest BCUT2D eigenvalue weighted by molar-refractivity contribution is 0.0954. The summed E-state index contributed by atoms with van der Waals surface area (Å²) in [5, 5.41) is 13.5. The second-order valence-corrected chi connectivity index (χ2v) is 4.67. The second kappa shape index (κ2) is 7.26. The molecule has 0 spiro atoms. The number of benzene rings is 2. The number of phenolic OH excluding ortho intramolecular Hbond substituents is 1. The van der Waals surface area contributed by atoms with Gasteiger partial charge in [-0.25, -0.2) is 5.43 Å². The summed E-state index contributed by atoms with van der Waals surface area (Å²) in [5.74, 6) is 0.192. The molecule has 1 amide bonds. The first-order valence-electron chi connectivity index (χ1n) is 6.96. The largest absolute Gasteiger partial charge is 0.504 e. The monoisotopic (exact) mass is 298 g/mol. The first-order chi connectivity index (χ1) is 10.6. The molecule has 0 atom stereocenters. The topological polar surface area (TPSA) is 70.9 Å². The summed E-state index contributed by atoms with van der Waals surface area (Å²) >= 11 is 0. The maximum atomic E-state index is 12.0. The molecule has 5 nitrogen and oxygen atoms in total. The van der Waals surface area contributed by atoms with Crippen LogP contribution in [-0.4, -0.2) is 23.8 Å². The number of carbonyl (C=O) groups is 1. The third-order valence-electron chi connectivity index (χ3n) is 3.05. The van der Waals surface area contributed by atoms with Gasteiger partial charge in [-0.3, -0.25) is 4.79 Å². The van der Waals surface area contributed by atoms with Crippen LogP contribution < -0.4 is 10.2 Å². The Morgan fingerprint density at radius 1 is 1.32 bits per heavy atom. The minimum absolute atomic E-state index is 0.0722. The molecule has 114 valence electrons. The van der Waals surface area contributed by atoms with Gasteiger partial charge in [-0.05, 0) is 49.2 Å². The highest BCUT2D eigenvalue weighted by molar-refractivity contribution is 5.96. The van der Waals surface area contributed by atoms with Gasteiger partial charge in [0.1, 0.15) is 0 Å². The molecule has 2 rings (SSSR count). The van der Waals surface area contributed by atoms with Crippen LogP contribution in [0.5, 0.6) is 11.5 Å². The molecule has 2 aromatic rings. The van der Waals surface area contributed by atoms with Crippen molar-refractivity contribution in [3.63, 3.8) is 0 Å². The minimum Gasteiger partial charge on any atom is -0.504 e. The van der Waals surface area contributed by atoms with Crippen molar-refractivity contribution in [1.29, 1.82) is 0 Å². The predicted molar refractivity (Wildman–Crippen MR) is 85.5 cm³/mol. The molecule has 0 heterocycles. The van der Waals surface area contributed by atoms with Crippen LogP contribution in [0.15, 0.2) is 47.6 Å². The standard InChI is InChI=1S/C17H18N2O3/c1-3-22-16-10-13(8-9-15(16)20)11-18-19-17(21)14-7-5-4-6-12(14)2/h4-11,20H,3H2,1-2H3,(H,19,21). The van der Waals surface area contributed by atoms with Gasteiger partial charge in [-0.2, -0.15) is 5.10 Å². The molecular weight excluding hydrogens is 280 g/mol. The maximum Gasteiger partial charge on any atom is 0.271 e. The lowest BCUT2D eigenvalue weighted by atomic mass is 10.1. The summed E-state index contributed by atoms with van der Waals surface area (Å²) in [4.78, 5) is 12.0. The predicted octanol–water partition coefficient (Wildman–Crippen LogP) is 2.86. The van der Waals surface area contributed by atoms with Crippen LogP contribution in [-0.2, 0) is 0 Å². The number of nitrogens with one attached hydrogen (secondary N) is 1. The van der Waals surface area contributed by atoms with Crippen molar-refractivity contribution in [2.75, 3.05) is 6.61 Å². The average molecular weight is 298 g/mol. The number of aromatic hydroxyl groups is 1. The summed E-state index contributed by atoms with van der Waals surface area (Å²) in [6.07, 6.45) is 1.50. The average Bonchev–Trinajstić information content (AvgIpc) is 2.51. The summed E-state index contributed by atoms with van der Waals surface area (Å²) in [5.41, 5.74) is 4.67. The van der Waals surface area contributed by atoms with Crippen molar-refractivity contribution in [2.45, 2.75) is 13.8 Å². The van der Waals surface area contributed by atoms with Gasteiger partial charge in [0.05, 0.1) is 12.8 Å². The summed E-state index contributed by atoms with van der Waals surface area (Å²) in [6.45, 7) is 4.16. The van der Waals surface area contributed by atoms with Crippen molar-refractivity contribution in [3.8, 4) is 11.5 Å². The molecule has 5 heteroatoms. The Hall–Kier alpha value is -2.82. The molecule has 22 heavy (non-hydrogen) atoms. The highest BCUT2D eigenvalue weighted by atomic mass is 16.5. The molecule has 0 bridgehead atoms. The van der Waals surface area contributed by atoms with Crippen molar-refractivity contribution in [1.82, 2.24) is 5.43 Å². The smallest absolute Gasteiger partial charge is 0.271 e. The fraction of sp³-hybridized carbons (Fsp3) is 0.176. The highest BCUT2D eigenvalue weighted by Gasteiger charge is 2.06. The highest BCUT2D eigenvalue weighted by Crippen LogP contribution is 2.26. The normalized spacial score (nSPS) is 10.6. The van der Waals surface area contributed by atoms with Gasteiger partial charge in [0.25, 0.3) is 5.91 Å². The van der Waals surface area contributed by atoms with Crippen LogP contribution in [0.25, 0.3) is 0 Å². The molecule has 0 aliphatic rings. The molecule has 0 aliphatic heterocycles. The van der Waals surface area contributed by atoms with Crippen molar-refractivity contribution in [3.05, 3.63) is 59.2 Å². The van der Waals surface area contributed by atoms with Crippen molar-refractivity contribution < 1.29 is 14.6 Å². The van der Waals surface area contributed by atoms with E-state index in [0.717, 1.165) is 5.56 Å². The molecule has 0 aromatic heterocycles. The maximum absolute atomic E-state index is 12.0. The van der Waals surface area contributed by atoms with Gasteiger partial charge in [0, 0.05) is 5.56 Å². The van der Waals surface area contributed by atoms with E-state index >= 15 is 0 Å². The first kappa shape index (κ1) is 15.6. The summed E-state index contributed by atoms with van der Waals surface area (Å²) in [6, 6.07) is 12.2. The second-order valence-electron chi connectivity index (χ2n) is 4.67.